The number of fused-ring (bicyclic) bond motifs is 1. The molecule has 4 heteroatoms. The van der Waals surface area contributed by atoms with Crippen LogP contribution in [0.1, 0.15) is 12.8 Å². The molecule has 0 aliphatic carbocycles. The highest BCUT2D eigenvalue weighted by atomic mass is 15.2. The molecule has 1 aliphatic heterocycles. The maximum atomic E-state index is 5.82. The summed E-state index contributed by atoms with van der Waals surface area (Å²) in [6.07, 6.45) is 4.00. The van der Waals surface area contributed by atoms with Gasteiger partial charge in [-0.1, -0.05) is 12.1 Å². The molecular weight excluding hydrogens is 212 g/mol. The van der Waals surface area contributed by atoms with Crippen molar-refractivity contribution in [2.45, 2.75) is 18.9 Å². The number of nitrogens with two attached hydrogens (primary N) is 1. The molecule has 0 bridgehead atoms. The number of rotatable bonds is 2. The van der Waals surface area contributed by atoms with Crippen LogP contribution in [0.4, 0.5) is 5.82 Å². The van der Waals surface area contributed by atoms with Gasteiger partial charge in [-0.2, -0.15) is 0 Å². The minimum atomic E-state index is 0.424. The molecule has 88 valence electrons. The Morgan fingerprint density at radius 2 is 2.18 bits per heavy atom. The molecule has 2 N–H and O–H groups in total. The molecule has 1 aromatic carbocycles. The second kappa shape index (κ2) is 4.30. The maximum absolute atomic E-state index is 5.82. The van der Waals surface area contributed by atoms with Crippen LogP contribution in [-0.4, -0.2) is 29.1 Å². The van der Waals surface area contributed by atoms with E-state index < -0.39 is 0 Å². The predicted molar refractivity (Wildman–Crippen MR) is 69.0 cm³/mol. The van der Waals surface area contributed by atoms with E-state index >= 15 is 0 Å². The smallest absolute Gasteiger partial charge is 0.140 e. The predicted octanol–water partition coefficient (Wildman–Crippen LogP) is 1.56. The average Bonchev–Trinajstić information content (AvgIpc) is 2.86. The first-order valence-corrected chi connectivity index (χ1v) is 6.06. The van der Waals surface area contributed by atoms with Crippen molar-refractivity contribution in [3.8, 4) is 0 Å². The molecule has 2 aromatic rings. The first-order chi connectivity index (χ1) is 8.40. The van der Waals surface area contributed by atoms with Gasteiger partial charge in [-0.3, -0.25) is 0 Å². The van der Waals surface area contributed by atoms with E-state index in [2.05, 4.69) is 20.9 Å². The van der Waals surface area contributed by atoms with Crippen molar-refractivity contribution < 1.29 is 0 Å². The molecule has 1 unspecified atom stereocenters. The van der Waals surface area contributed by atoms with Gasteiger partial charge < -0.3 is 10.6 Å². The van der Waals surface area contributed by atoms with Crippen LogP contribution in [0, 0.1) is 0 Å². The normalized spacial score (nSPS) is 20.1. The third-order valence-electron chi connectivity index (χ3n) is 3.44. The van der Waals surface area contributed by atoms with Crippen molar-refractivity contribution in [2.24, 2.45) is 5.73 Å². The largest absolute Gasteiger partial charge is 0.352 e. The van der Waals surface area contributed by atoms with Crippen molar-refractivity contribution >= 4 is 16.7 Å². The average molecular weight is 228 g/mol. The Morgan fingerprint density at radius 1 is 1.29 bits per heavy atom. The van der Waals surface area contributed by atoms with Crippen molar-refractivity contribution in [2.75, 3.05) is 18.0 Å². The monoisotopic (exact) mass is 228 g/mol. The van der Waals surface area contributed by atoms with E-state index in [1.54, 1.807) is 6.33 Å². The third-order valence-corrected chi connectivity index (χ3v) is 3.44. The van der Waals surface area contributed by atoms with Crippen LogP contribution in [-0.2, 0) is 0 Å². The van der Waals surface area contributed by atoms with E-state index in [1.165, 1.54) is 6.42 Å². The lowest BCUT2D eigenvalue weighted by Crippen LogP contribution is -2.36. The molecule has 2 heterocycles. The molecule has 0 saturated carbocycles. The lowest BCUT2D eigenvalue weighted by molar-refractivity contribution is 0.673. The van der Waals surface area contributed by atoms with E-state index in [0.717, 1.165) is 29.7 Å². The zero-order chi connectivity index (χ0) is 11.7. The molecular formula is C13H16N4. The fourth-order valence-corrected chi connectivity index (χ4v) is 2.58. The highest BCUT2D eigenvalue weighted by molar-refractivity contribution is 5.89. The van der Waals surface area contributed by atoms with Gasteiger partial charge in [0, 0.05) is 24.5 Å². The standard InChI is InChI=1S/C13H16N4/c14-8-10-4-3-7-17(10)13-11-5-1-2-6-12(11)15-9-16-13/h1-2,5-6,9-10H,3-4,7-8,14H2. The van der Waals surface area contributed by atoms with E-state index in [4.69, 9.17) is 5.73 Å². The molecule has 3 rings (SSSR count). The van der Waals surface area contributed by atoms with E-state index in [9.17, 15) is 0 Å². The second-order valence-corrected chi connectivity index (χ2v) is 4.44. The van der Waals surface area contributed by atoms with Crippen LogP contribution in [0.3, 0.4) is 0 Å². The van der Waals surface area contributed by atoms with Gasteiger partial charge in [0.15, 0.2) is 0 Å². The summed E-state index contributed by atoms with van der Waals surface area (Å²) in [6.45, 7) is 1.74. The Bertz CT molecular complexity index is 520. The summed E-state index contributed by atoms with van der Waals surface area (Å²) in [5, 5.41) is 1.12. The van der Waals surface area contributed by atoms with Crippen molar-refractivity contribution in [1.29, 1.82) is 0 Å². The summed E-state index contributed by atoms with van der Waals surface area (Å²) in [5.41, 5.74) is 6.82. The molecule has 1 saturated heterocycles. The topological polar surface area (TPSA) is 55.0 Å². The lowest BCUT2D eigenvalue weighted by Gasteiger charge is -2.25. The highest BCUT2D eigenvalue weighted by Crippen LogP contribution is 2.28. The molecule has 0 spiro atoms. The first-order valence-electron chi connectivity index (χ1n) is 6.06. The van der Waals surface area contributed by atoms with E-state index in [-0.39, 0.29) is 0 Å². The van der Waals surface area contributed by atoms with E-state index in [1.807, 2.05) is 18.2 Å². The van der Waals surface area contributed by atoms with Crippen LogP contribution in [0.15, 0.2) is 30.6 Å². The number of para-hydroxylation sites is 1. The summed E-state index contributed by atoms with van der Waals surface area (Å²) in [6, 6.07) is 8.56. The minimum absolute atomic E-state index is 0.424. The zero-order valence-corrected chi connectivity index (χ0v) is 9.71. The van der Waals surface area contributed by atoms with Gasteiger partial charge in [0.25, 0.3) is 0 Å². The number of nitrogens with zero attached hydrogens (tertiary/aromatic N) is 3. The summed E-state index contributed by atoms with van der Waals surface area (Å²) >= 11 is 0. The Hall–Kier alpha value is -1.68. The number of benzene rings is 1. The molecule has 1 fully saturated rings. The Balaban J connectivity index is 2.10. The second-order valence-electron chi connectivity index (χ2n) is 4.44. The van der Waals surface area contributed by atoms with Crippen molar-refractivity contribution in [3.63, 3.8) is 0 Å². The van der Waals surface area contributed by atoms with E-state index in [0.29, 0.717) is 12.6 Å². The molecule has 1 atom stereocenters. The fourth-order valence-electron chi connectivity index (χ4n) is 2.58. The molecule has 17 heavy (non-hydrogen) atoms. The van der Waals surface area contributed by atoms with Crippen molar-refractivity contribution in [3.05, 3.63) is 30.6 Å². The summed E-state index contributed by atoms with van der Waals surface area (Å²) in [7, 11) is 0. The van der Waals surface area contributed by atoms with Gasteiger partial charge in [0.1, 0.15) is 12.1 Å². The number of aromatic nitrogens is 2. The molecule has 0 radical (unpaired) electrons. The minimum Gasteiger partial charge on any atom is -0.352 e. The molecule has 4 nitrogen and oxygen atoms in total. The first kappa shape index (κ1) is 10.5. The fraction of sp³-hybridized carbons (Fsp3) is 0.385. The van der Waals surface area contributed by atoms with Crippen LogP contribution in [0.2, 0.25) is 0 Å². The number of anilines is 1. The molecule has 1 aliphatic rings. The van der Waals surface area contributed by atoms with Gasteiger partial charge >= 0.3 is 0 Å². The van der Waals surface area contributed by atoms with Crippen LogP contribution >= 0.6 is 0 Å². The van der Waals surface area contributed by atoms with Gasteiger partial charge in [0.05, 0.1) is 5.52 Å². The number of hydrogen-bond donors (Lipinski definition) is 1. The summed E-state index contributed by atoms with van der Waals surface area (Å²) in [4.78, 5) is 11.1. The lowest BCUT2D eigenvalue weighted by atomic mass is 10.2. The number of hydrogen-bond acceptors (Lipinski definition) is 4. The van der Waals surface area contributed by atoms with Gasteiger partial charge in [-0.05, 0) is 25.0 Å². The van der Waals surface area contributed by atoms with Crippen molar-refractivity contribution in [1.82, 2.24) is 9.97 Å². The van der Waals surface area contributed by atoms with Crippen LogP contribution in [0.5, 0.6) is 0 Å². The van der Waals surface area contributed by atoms with Gasteiger partial charge in [-0.15, -0.1) is 0 Å². The zero-order valence-electron chi connectivity index (χ0n) is 9.71. The molecule has 1 aromatic heterocycles. The molecule has 0 amide bonds. The van der Waals surface area contributed by atoms with Gasteiger partial charge in [-0.25, -0.2) is 9.97 Å². The van der Waals surface area contributed by atoms with Gasteiger partial charge in [0.2, 0.25) is 0 Å². The Kier molecular flexibility index (Phi) is 2.65. The highest BCUT2D eigenvalue weighted by Gasteiger charge is 2.25. The Labute approximate surface area is 100 Å². The third kappa shape index (κ3) is 1.74. The quantitative estimate of drug-likeness (QED) is 0.847. The van der Waals surface area contributed by atoms with Crippen LogP contribution < -0.4 is 10.6 Å². The Morgan fingerprint density at radius 3 is 3.06 bits per heavy atom. The van der Waals surface area contributed by atoms with Crippen LogP contribution in [0.25, 0.3) is 10.9 Å². The summed E-state index contributed by atoms with van der Waals surface area (Å²) < 4.78 is 0. The maximum Gasteiger partial charge on any atom is 0.140 e. The SMILES string of the molecule is NCC1CCCN1c1ncnc2ccccc12. The summed E-state index contributed by atoms with van der Waals surface area (Å²) in [5.74, 6) is 1.03.